The molecule has 2 heterocycles. The van der Waals surface area contributed by atoms with Gasteiger partial charge in [-0.3, -0.25) is 14.8 Å². The second-order valence-corrected chi connectivity index (χ2v) is 7.22. The van der Waals surface area contributed by atoms with E-state index in [0.29, 0.717) is 17.1 Å². The summed E-state index contributed by atoms with van der Waals surface area (Å²) in [4.78, 5) is 21.8. The molecule has 0 saturated heterocycles. The van der Waals surface area contributed by atoms with Crippen molar-refractivity contribution in [3.05, 3.63) is 63.3 Å². The zero-order chi connectivity index (χ0) is 21.4. The SMILES string of the molecule is Cc1ccc(N=C/C(=N\N)C(=O)NC/C(N)=C/C=C(\N)c2sccc2C)c(C)n1. The molecule has 2 rings (SSSR count). The molecule has 8 nitrogen and oxygen atoms in total. The molecule has 0 bridgehead atoms. The molecule has 0 aliphatic rings. The summed E-state index contributed by atoms with van der Waals surface area (Å²) in [6, 6.07) is 5.64. The van der Waals surface area contributed by atoms with Gasteiger partial charge in [-0.25, -0.2) is 0 Å². The number of aryl methyl sites for hydroxylation is 3. The molecule has 0 aromatic carbocycles. The lowest BCUT2D eigenvalue weighted by Crippen LogP contribution is -2.35. The van der Waals surface area contributed by atoms with E-state index in [4.69, 9.17) is 17.3 Å². The molecule has 0 fully saturated rings. The zero-order valence-electron chi connectivity index (χ0n) is 16.6. The van der Waals surface area contributed by atoms with Gasteiger partial charge >= 0.3 is 0 Å². The van der Waals surface area contributed by atoms with Crippen LogP contribution in [0.4, 0.5) is 5.69 Å². The highest BCUT2D eigenvalue weighted by Gasteiger charge is 2.09. The topological polar surface area (TPSA) is 145 Å². The predicted molar refractivity (Wildman–Crippen MR) is 120 cm³/mol. The first kappa shape index (κ1) is 21.8. The average molecular weight is 412 g/mol. The van der Waals surface area contributed by atoms with Gasteiger partial charge in [0.1, 0.15) is 0 Å². The third-order valence-corrected chi connectivity index (χ3v) is 5.01. The molecule has 0 aliphatic heterocycles. The lowest BCUT2D eigenvalue weighted by atomic mass is 10.2. The van der Waals surface area contributed by atoms with E-state index in [1.807, 2.05) is 44.4 Å². The number of nitrogens with one attached hydrogen (secondary N) is 1. The van der Waals surface area contributed by atoms with Crippen molar-refractivity contribution in [2.24, 2.45) is 27.4 Å². The summed E-state index contributed by atoms with van der Waals surface area (Å²) >= 11 is 1.56. The standard InChI is InChI=1S/C20H25N7OS/c1-12-8-9-29-19(12)16(22)6-5-15(21)10-25-20(28)18(27-23)11-24-17-7-4-13(2)26-14(17)3/h4-9,11H,10,21-23H2,1-3H3,(H,25,28)/b15-5-,16-6-,24-11?,27-18+. The van der Waals surface area contributed by atoms with Crippen molar-refractivity contribution in [1.82, 2.24) is 10.3 Å². The molecule has 0 saturated carbocycles. The Hall–Kier alpha value is -3.46. The number of nitrogens with zero attached hydrogens (tertiary/aromatic N) is 3. The van der Waals surface area contributed by atoms with Crippen molar-refractivity contribution in [3.63, 3.8) is 0 Å². The van der Waals surface area contributed by atoms with Crippen molar-refractivity contribution in [3.8, 4) is 0 Å². The Morgan fingerprint density at radius 3 is 2.59 bits per heavy atom. The number of hydrazone groups is 1. The molecule has 0 atom stereocenters. The third kappa shape index (κ3) is 6.28. The number of carbonyl (C=O) groups excluding carboxylic acids is 1. The molecule has 2 aromatic rings. The Kier molecular flexibility index (Phi) is 7.67. The lowest BCUT2D eigenvalue weighted by Gasteiger charge is -2.05. The number of aliphatic imine (C=N–C) groups is 1. The molecular weight excluding hydrogens is 386 g/mol. The first-order valence-corrected chi connectivity index (χ1v) is 9.70. The number of rotatable bonds is 7. The molecule has 7 N–H and O–H groups in total. The molecule has 0 aliphatic carbocycles. The Morgan fingerprint density at radius 1 is 1.21 bits per heavy atom. The van der Waals surface area contributed by atoms with Crippen LogP contribution in [0.25, 0.3) is 5.70 Å². The Bertz CT molecular complexity index is 1000. The number of nitrogens with two attached hydrogens (primary N) is 3. The Labute approximate surface area is 173 Å². The van der Waals surface area contributed by atoms with Crippen LogP contribution in [0.1, 0.15) is 21.8 Å². The van der Waals surface area contributed by atoms with E-state index in [1.54, 1.807) is 23.5 Å². The third-order valence-electron chi connectivity index (χ3n) is 3.95. The maximum Gasteiger partial charge on any atom is 0.273 e. The average Bonchev–Trinajstić information content (AvgIpc) is 3.12. The normalized spacial score (nSPS) is 13.1. The van der Waals surface area contributed by atoms with Gasteiger partial charge in [0.2, 0.25) is 0 Å². The summed E-state index contributed by atoms with van der Waals surface area (Å²) in [5.74, 6) is 4.83. The largest absolute Gasteiger partial charge is 0.401 e. The highest BCUT2D eigenvalue weighted by molar-refractivity contribution is 7.11. The van der Waals surface area contributed by atoms with Gasteiger partial charge in [-0.15, -0.1) is 11.3 Å². The van der Waals surface area contributed by atoms with Crippen LogP contribution < -0.4 is 22.6 Å². The van der Waals surface area contributed by atoms with Crippen LogP contribution in [0, 0.1) is 20.8 Å². The molecule has 9 heteroatoms. The van der Waals surface area contributed by atoms with Crippen LogP contribution in [-0.4, -0.2) is 29.4 Å². The fourth-order valence-electron chi connectivity index (χ4n) is 2.37. The van der Waals surface area contributed by atoms with E-state index in [1.165, 1.54) is 6.21 Å². The van der Waals surface area contributed by atoms with E-state index in [0.717, 1.165) is 21.8 Å². The minimum Gasteiger partial charge on any atom is -0.401 e. The van der Waals surface area contributed by atoms with E-state index in [2.05, 4.69) is 20.4 Å². The fourth-order valence-corrected chi connectivity index (χ4v) is 3.24. The summed E-state index contributed by atoms with van der Waals surface area (Å²) in [5, 5.41) is 8.11. The minimum atomic E-state index is -0.489. The smallest absolute Gasteiger partial charge is 0.273 e. The number of carbonyl (C=O) groups is 1. The lowest BCUT2D eigenvalue weighted by molar-refractivity contribution is -0.114. The Morgan fingerprint density at radius 2 is 1.97 bits per heavy atom. The summed E-state index contributed by atoms with van der Waals surface area (Å²) in [7, 11) is 0. The monoisotopic (exact) mass is 411 g/mol. The van der Waals surface area contributed by atoms with Crippen LogP contribution >= 0.6 is 11.3 Å². The van der Waals surface area contributed by atoms with Crippen molar-refractivity contribution in [2.45, 2.75) is 20.8 Å². The van der Waals surface area contributed by atoms with Crippen molar-refractivity contribution < 1.29 is 4.79 Å². The fraction of sp³-hybridized carbons (Fsp3) is 0.200. The molecule has 29 heavy (non-hydrogen) atoms. The number of hydrogen-bond donors (Lipinski definition) is 4. The van der Waals surface area contributed by atoms with Gasteiger partial charge in [-0.05, 0) is 62.1 Å². The minimum absolute atomic E-state index is 0.0259. The zero-order valence-corrected chi connectivity index (χ0v) is 17.5. The van der Waals surface area contributed by atoms with E-state index in [9.17, 15) is 4.79 Å². The van der Waals surface area contributed by atoms with Crippen LogP contribution in [0.2, 0.25) is 0 Å². The van der Waals surface area contributed by atoms with Gasteiger partial charge in [-0.2, -0.15) is 5.10 Å². The Balaban J connectivity index is 1.97. The van der Waals surface area contributed by atoms with Crippen molar-refractivity contribution >= 4 is 40.6 Å². The number of thiophene rings is 1. The molecular formula is C20H25N7OS. The van der Waals surface area contributed by atoms with E-state index < -0.39 is 5.91 Å². The van der Waals surface area contributed by atoms with E-state index in [-0.39, 0.29) is 12.3 Å². The van der Waals surface area contributed by atoms with Crippen LogP contribution in [-0.2, 0) is 4.79 Å². The highest BCUT2D eigenvalue weighted by atomic mass is 32.1. The maximum atomic E-state index is 12.3. The molecule has 2 aromatic heterocycles. The first-order valence-electron chi connectivity index (χ1n) is 8.82. The summed E-state index contributed by atoms with van der Waals surface area (Å²) in [6.07, 6.45) is 4.67. The quantitative estimate of drug-likeness (QED) is 0.238. The molecule has 0 radical (unpaired) electrons. The van der Waals surface area contributed by atoms with Crippen LogP contribution in [0.5, 0.6) is 0 Å². The summed E-state index contributed by atoms with van der Waals surface area (Å²) in [6.45, 7) is 5.83. The predicted octanol–water partition coefficient (Wildman–Crippen LogP) is 2.04. The van der Waals surface area contributed by atoms with Gasteiger partial charge < -0.3 is 22.6 Å². The number of allylic oxidation sites excluding steroid dienone is 2. The van der Waals surface area contributed by atoms with E-state index >= 15 is 0 Å². The second-order valence-electron chi connectivity index (χ2n) is 6.31. The molecule has 1 amide bonds. The van der Waals surface area contributed by atoms with Gasteiger partial charge in [0.25, 0.3) is 5.91 Å². The molecule has 152 valence electrons. The van der Waals surface area contributed by atoms with Crippen molar-refractivity contribution in [2.75, 3.05) is 6.54 Å². The number of aromatic nitrogens is 1. The molecule has 0 spiro atoms. The van der Waals surface area contributed by atoms with Gasteiger partial charge in [0.15, 0.2) is 5.71 Å². The van der Waals surface area contributed by atoms with Crippen molar-refractivity contribution in [1.29, 1.82) is 0 Å². The van der Waals surface area contributed by atoms with Gasteiger partial charge in [-0.1, -0.05) is 0 Å². The number of hydrogen-bond acceptors (Lipinski definition) is 8. The first-order chi connectivity index (χ1) is 13.8. The second kappa shape index (κ2) is 10.2. The van der Waals surface area contributed by atoms with Gasteiger partial charge in [0, 0.05) is 17.1 Å². The summed E-state index contributed by atoms with van der Waals surface area (Å²) < 4.78 is 0. The van der Waals surface area contributed by atoms with Crippen LogP contribution in [0.15, 0.2) is 51.5 Å². The molecule has 0 unspecified atom stereocenters. The number of amides is 1. The van der Waals surface area contributed by atoms with Crippen LogP contribution in [0.3, 0.4) is 0 Å². The maximum absolute atomic E-state index is 12.3. The summed E-state index contributed by atoms with van der Waals surface area (Å²) in [5.41, 5.74) is 16.4. The highest BCUT2D eigenvalue weighted by Crippen LogP contribution is 2.21. The number of pyridine rings is 1. The van der Waals surface area contributed by atoms with Gasteiger partial charge in [0.05, 0.1) is 29.0 Å².